The fourth-order valence-corrected chi connectivity index (χ4v) is 3.50. The summed E-state index contributed by atoms with van der Waals surface area (Å²) in [7, 11) is 1.56. The van der Waals surface area contributed by atoms with Gasteiger partial charge in [-0.2, -0.15) is 0 Å². The minimum Gasteiger partial charge on any atom is -0.497 e. The Hall–Kier alpha value is -2.30. The van der Waals surface area contributed by atoms with Gasteiger partial charge in [0.25, 0.3) is 0 Å². The molecule has 0 radical (unpaired) electrons. The number of rotatable bonds is 4. The second-order valence-electron chi connectivity index (χ2n) is 6.27. The molecule has 0 unspecified atom stereocenters. The number of likely N-dealkylation sites (tertiary alicyclic amines) is 1. The van der Waals surface area contributed by atoms with Gasteiger partial charge in [-0.3, -0.25) is 4.79 Å². The van der Waals surface area contributed by atoms with Crippen LogP contribution in [0.1, 0.15) is 38.2 Å². The smallest absolute Gasteiger partial charge is 0.336 e. The highest BCUT2D eigenvalue weighted by Crippen LogP contribution is 2.25. The predicted octanol–water partition coefficient (Wildman–Crippen LogP) is 3.14. The molecular formula is C19H23NO4. The third-order valence-corrected chi connectivity index (χ3v) is 4.80. The monoisotopic (exact) mass is 329 g/mol. The van der Waals surface area contributed by atoms with Crippen molar-refractivity contribution in [3.05, 3.63) is 40.2 Å². The van der Waals surface area contributed by atoms with Crippen LogP contribution in [0.15, 0.2) is 33.5 Å². The van der Waals surface area contributed by atoms with Gasteiger partial charge in [-0.25, -0.2) is 4.79 Å². The van der Waals surface area contributed by atoms with Gasteiger partial charge in [0.05, 0.1) is 13.5 Å². The summed E-state index contributed by atoms with van der Waals surface area (Å²) >= 11 is 0. The van der Waals surface area contributed by atoms with Crippen molar-refractivity contribution in [3.8, 4) is 5.75 Å². The Labute approximate surface area is 141 Å². The van der Waals surface area contributed by atoms with Gasteiger partial charge in [0.1, 0.15) is 11.3 Å². The fourth-order valence-electron chi connectivity index (χ4n) is 3.50. The topological polar surface area (TPSA) is 59.8 Å². The van der Waals surface area contributed by atoms with E-state index in [0.29, 0.717) is 22.9 Å². The minimum absolute atomic E-state index is 0.0873. The third kappa shape index (κ3) is 3.30. The number of piperidine rings is 1. The summed E-state index contributed by atoms with van der Waals surface area (Å²) in [6.07, 6.45) is 4.50. The number of hydrogen-bond acceptors (Lipinski definition) is 4. The van der Waals surface area contributed by atoms with Crippen LogP contribution in [-0.4, -0.2) is 30.5 Å². The van der Waals surface area contributed by atoms with Gasteiger partial charge >= 0.3 is 5.63 Å². The average molecular weight is 329 g/mol. The molecule has 5 heteroatoms. The summed E-state index contributed by atoms with van der Waals surface area (Å²) < 4.78 is 10.4. The van der Waals surface area contributed by atoms with E-state index in [1.54, 1.807) is 13.2 Å². The Balaban J connectivity index is 1.91. The van der Waals surface area contributed by atoms with Crippen LogP contribution in [0.4, 0.5) is 0 Å². The van der Waals surface area contributed by atoms with Crippen LogP contribution in [0.2, 0.25) is 0 Å². The lowest BCUT2D eigenvalue weighted by atomic mass is 9.98. The second-order valence-corrected chi connectivity index (χ2v) is 6.27. The number of carbonyl (C=O) groups is 1. The number of nitrogens with zero attached hydrogens (tertiary/aromatic N) is 1. The standard InChI is InChI=1S/C19H23NO4/c1-3-14-6-4-5-9-20(14)18(21)10-13-11-19(22)24-17-12-15(23-2)7-8-16(13)17/h7-8,11-12,14H,3-6,9-10H2,1-2H3/t14-/m0/s1. The van der Waals surface area contributed by atoms with Crippen LogP contribution in [0.25, 0.3) is 11.0 Å². The summed E-state index contributed by atoms with van der Waals surface area (Å²) in [6.45, 7) is 2.93. The quantitative estimate of drug-likeness (QED) is 0.809. The molecule has 5 nitrogen and oxygen atoms in total. The van der Waals surface area contributed by atoms with Crippen LogP contribution in [0.3, 0.4) is 0 Å². The summed E-state index contributed by atoms with van der Waals surface area (Å²) in [4.78, 5) is 26.6. The number of fused-ring (bicyclic) bond motifs is 1. The highest BCUT2D eigenvalue weighted by molar-refractivity contribution is 5.88. The molecule has 1 amide bonds. The van der Waals surface area contributed by atoms with Crippen molar-refractivity contribution in [3.63, 3.8) is 0 Å². The lowest BCUT2D eigenvalue weighted by Gasteiger charge is -2.35. The third-order valence-electron chi connectivity index (χ3n) is 4.80. The Morgan fingerprint density at radius 2 is 2.17 bits per heavy atom. The van der Waals surface area contributed by atoms with Crippen molar-refractivity contribution in [2.45, 2.75) is 45.1 Å². The van der Waals surface area contributed by atoms with Crippen molar-refractivity contribution in [2.75, 3.05) is 13.7 Å². The van der Waals surface area contributed by atoms with Crippen LogP contribution >= 0.6 is 0 Å². The summed E-state index contributed by atoms with van der Waals surface area (Å²) in [6, 6.07) is 7.08. The number of benzene rings is 1. The maximum atomic E-state index is 12.8. The molecule has 0 spiro atoms. The molecule has 2 aromatic rings. The lowest BCUT2D eigenvalue weighted by Crippen LogP contribution is -2.44. The van der Waals surface area contributed by atoms with Crippen molar-refractivity contribution < 1.29 is 13.9 Å². The molecule has 1 aromatic heterocycles. The predicted molar refractivity (Wildman–Crippen MR) is 92.4 cm³/mol. The van der Waals surface area contributed by atoms with E-state index in [9.17, 15) is 9.59 Å². The molecule has 1 aromatic carbocycles. The minimum atomic E-state index is -0.441. The molecule has 1 aliphatic rings. The van der Waals surface area contributed by atoms with E-state index >= 15 is 0 Å². The number of hydrogen-bond donors (Lipinski definition) is 0. The number of methoxy groups -OCH3 is 1. The molecule has 1 atom stereocenters. The summed E-state index contributed by atoms with van der Waals surface area (Å²) in [5.41, 5.74) is 0.730. The van der Waals surface area contributed by atoms with Crippen molar-refractivity contribution in [2.24, 2.45) is 0 Å². The van der Waals surface area contributed by atoms with E-state index in [1.807, 2.05) is 17.0 Å². The maximum Gasteiger partial charge on any atom is 0.336 e. The average Bonchev–Trinajstić information content (AvgIpc) is 2.60. The second kappa shape index (κ2) is 7.07. The van der Waals surface area contributed by atoms with E-state index in [1.165, 1.54) is 12.5 Å². The molecule has 0 N–H and O–H groups in total. The normalized spacial score (nSPS) is 17.9. The van der Waals surface area contributed by atoms with Gasteiger partial charge in [-0.05, 0) is 43.4 Å². The molecule has 0 saturated carbocycles. The van der Waals surface area contributed by atoms with Gasteiger partial charge in [0, 0.05) is 30.1 Å². The van der Waals surface area contributed by atoms with Crippen LogP contribution in [-0.2, 0) is 11.2 Å². The van der Waals surface area contributed by atoms with Crippen LogP contribution in [0, 0.1) is 0 Å². The first-order valence-corrected chi connectivity index (χ1v) is 8.52. The van der Waals surface area contributed by atoms with Gasteiger partial charge in [0.15, 0.2) is 0 Å². The lowest BCUT2D eigenvalue weighted by molar-refractivity contribution is -0.134. The van der Waals surface area contributed by atoms with Crippen molar-refractivity contribution in [1.29, 1.82) is 0 Å². The van der Waals surface area contributed by atoms with Crippen LogP contribution in [0.5, 0.6) is 5.75 Å². The molecule has 2 heterocycles. The van der Waals surface area contributed by atoms with E-state index in [4.69, 9.17) is 9.15 Å². The Morgan fingerprint density at radius 3 is 2.92 bits per heavy atom. The number of carbonyl (C=O) groups excluding carboxylic acids is 1. The van der Waals surface area contributed by atoms with Gasteiger partial charge in [0.2, 0.25) is 5.91 Å². The first kappa shape index (κ1) is 16.6. The maximum absolute atomic E-state index is 12.8. The van der Waals surface area contributed by atoms with E-state index in [2.05, 4.69) is 6.92 Å². The largest absolute Gasteiger partial charge is 0.497 e. The number of ether oxygens (including phenoxy) is 1. The number of amides is 1. The fraction of sp³-hybridized carbons (Fsp3) is 0.474. The summed E-state index contributed by atoms with van der Waals surface area (Å²) in [5, 5.41) is 0.786. The Bertz CT molecular complexity index is 796. The van der Waals surface area contributed by atoms with Gasteiger partial charge in [-0.1, -0.05) is 6.92 Å². The first-order valence-electron chi connectivity index (χ1n) is 8.52. The zero-order valence-electron chi connectivity index (χ0n) is 14.2. The Morgan fingerprint density at radius 1 is 1.33 bits per heavy atom. The van der Waals surface area contributed by atoms with E-state index < -0.39 is 5.63 Å². The molecule has 1 fully saturated rings. The SMILES string of the molecule is CC[C@H]1CCCCN1C(=O)Cc1cc(=O)oc2cc(OC)ccc12. The first-order chi connectivity index (χ1) is 11.6. The molecule has 0 bridgehead atoms. The van der Waals surface area contributed by atoms with Crippen LogP contribution < -0.4 is 10.4 Å². The molecule has 0 aliphatic carbocycles. The molecule has 128 valence electrons. The summed E-state index contributed by atoms with van der Waals surface area (Å²) in [5.74, 6) is 0.709. The highest BCUT2D eigenvalue weighted by atomic mass is 16.5. The molecular weight excluding hydrogens is 306 g/mol. The molecule has 24 heavy (non-hydrogen) atoms. The zero-order valence-corrected chi connectivity index (χ0v) is 14.2. The van der Waals surface area contributed by atoms with E-state index in [-0.39, 0.29) is 12.3 Å². The highest BCUT2D eigenvalue weighted by Gasteiger charge is 2.25. The molecule has 1 aliphatic heterocycles. The van der Waals surface area contributed by atoms with Crippen molar-refractivity contribution in [1.82, 2.24) is 4.90 Å². The molecule has 3 rings (SSSR count). The zero-order chi connectivity index (χ0) is 17.1. The van der Waals surface area contributed by atoms with Gasteiger partial charge in [-0.15, -0.1) is 0 Å². The Kier molecular flexibility index (Phi) is 4.88. The molecule has 1 saturated heterocycles. The van der Waals surface area contributed by atoms with Crippen molar-refractivity contribution >= 4 is 16.9 Å². The van der Waals surface area contributed by atoms with Gasteiger partial charge < -0.3 is 14.1 Å². The van der Waals surface area contributed by atoms with E-state index in [0.717, 1.165) is 31.2 Å².